The van der Waals surface area contributed by atoms with Crippen LogP contribution >= 0.6 is 11.6 Å². The molecule has 1 aromatic carbocycles. The van der Waals surface area contributed by atoms with E-state index in [1.807, 2.05) is 25.1 Å². The zero-order valence-electron chi connectivity index (χ0n) is 12.3. The van der Waals surface area contributed by atoms with E-state index in [0.717, 1.165) is 48.7 Å². The van der Waals surface area contributed by atoms with Gasteiger partial charge in [0.1, 0.15) is 12.4 Å². The van der Waals surface area contributed by atoms with E-state index in [2.05, 4.69) is 12.2 Å². The first-order chi connectivity index (χ1) is 9.69. The fourth-order valence-electron chi connectivity index (χ4n) is 2.45. The van der Waals surface area contributed by atoms with Gasteiger partial charge in [-0.05, 0) is 56.5 Å². The molecular weight excluding hydrogens is 274 g/mol. The molecule has 1 fully saturated rings. The quantitative estimate of drug-likeness (QED) is 0.781. The lowest BCUT2D eigenvalue weighted by Crippen LogP contribution is -2.28. The summed E-state index contributed by atoms with van der Waals surface area (Å²) in [6, 6.07) is 5.70. The molecule has 0 radical (unpaired) electrons. The Morgan fingerprint density at radius 1 is 1.35 bits per heavy atom. The van der Waals surface area contributed by atoms with Crippen LogP contribution < -0.4 is 10.1 Å². The lowest BCUT2D eigenvalue weighted by Gasteiger charge is -2.16. The van der Waals surface area contributed by atoms with Gasteiger partial charge in [-0.2, -0.15) is 0 Å². The summed E-state index contributed by atoms with van der Waals surface area (Å²) in [6.45, 7) is 6.81. The van der Waals surface area contributed by atoms with Gasteiger partial charge in [-0.3, -0.25) is 0 Å². The minimum atomic E-state index is 0.207. The average Bonchev–Trinajstić information content (AvgIpc) is 2.86. The molecular formula is C16H24ClNO2. The van der Waals surface area contributed by atoms with E-state index in [4.69, 9.17) is 21.1 Å². The summed E-state index contributed by atoms with van der Waals surface area (Å²) in [5.41, 5.74) is 1.07. The predicted octanol–water partition coefficient (Wildman–Crippen LogP) is 3.57. The number of ether oxygens (including phenoxy) is 2. The van der Waals surface area contributed by atoms with Crippen LogP contribution in [-0.2, 0) is 4.74 Å². The molecule has 1 saturated heterocycles. The van der Waals surface area contributed by atoms with Crippen molar-refractivity contribution in [1.82, 2.24) is 5.32 Å². The minimum absolute atomic E-state index is 0.207. The van der Waals surface area contributed by atoms with Crippen molar-refractivity contribution in [2.24, 2.45) is 0 Å². The highest BCUT2D eigenvalue weighted by Gasteiger charge is 2.25. The Balaban J connectivity index is 1.72. The number of nitrogens with one attached hydrogen (secondary N) is 1. The highest BCUT2D eigenvalue weighted by Crippen LogP contribution is 2.24. The van der Waals surface area contributed by atoms with Crippen LogP contribution in [0.4, 0.5) is 0 Å². The largest absolute Gasteiger partial charge is 0.491 e. The molecule has 112 valence electrons. The van der Waals surface area contributed by atoms with Crippen LogP contribution in [-0.4, -0.2) is 31.9 Å². The Morgan fingerprint density at radius 3 is 2.90 bits per heavy atom. The fourth-order valence-corrected chi connectivity index (χ4v) is 2.68. The van der Waals surface area contributed by atoms with E-state index < -0.39 is 0 Å². The van der Waals surface area contributed by atoms with Crippen molar-refractivity contribution >= 4 is 11.6 Å². The van der Waals surface area contributed by atoms with E-state index in [1.54, 1.807) is 0 Å². The zero-order valence-corrected chi connectivity index (χ0v) is 13.1. The maximum Gasteiger partial charge on any atom is 0.122 e. The number of hydrogen-bond donors (Lipinski definition) is 1. The molecule has 3 nitrogen and oxygen atoms in total. The van der Waals surface area contributed by atoms with Gasteiger partial charge in [-0.25, -0.2) is 0 Å². The maximum absolute atomic E-state index is 5.98. The van der Waals surface area contributed by atoms with E-state index >= 15 is 0 Å². The van der Waals surface area contributed by atoms with Crippen LogP contribution in [0.1, 0.15) is 31.7 Å². The summed E-state index contributed by atoms with van der Waals surface area (Å²) in [5, 5.41) is 4.15. The second kappa shape index (κ2) is 7.87. The van der Waals surface area contributed by atoms with E-state index in [1.165, 1.54) is 0 Å². The van der Waals surface area contributed by atoms with Crippen LogP contribution in [0.5, 0.6) is 5.75 Å². The second-order valence-electron chi connectivity index (χ2n) is 5.38. The van der Waals surface area contributed by atoms with Crippen LogP contribution in [0.3, 0.4) is 0 Å². The molecule has 2 rings (SSSR count). The van der Waals surface area contributed by atoms with Gasteiger partial charge in [0.05, 0.1) is 12.2 Å². The van der Waals surface area contributed by atoms with Crippen LogP contribution in [0.2, 0.25) is 5.02 Å². The molecule has 1 aromatic rings. The van der Waals surface area contributed by atoms with Gasteiger partial charge >= 0.3 is 0 Å². The molecule has 1 N–H and O–H groups in total. The fraction of sp³-hybridized carbons (Fsp3) is 0.625. The first-order valence-corrected chi connectivity index (χ1v) is 7.82. The molecule has 1 heterocycles. The van der Waals surface area contributed by atoms with Crippen molar-refractivity contribution in [1.29, 1.82) is 0 Å². The van der Waals surface area contributed by atoms with Crippen molar-refractivity contribution in [3.05, 3.63) is 28.8 Å². The average molecular weight is 298 g/mol. The predicted molar refractivity (Wildman–Crippen MR) is 82.7 cm³/mol. The van der Waals surface area contributed by atoms with Gasteiger partial charge in [-0.1, -0.05) is 18.5 Å². The van der Waals surface area contributed by atoms with Crippen LogP contribution in [0.25, 0.3) is 0 Å². The molecule has 20 heavy (non-hydrogen) atoms. The molecule has 1 aliphatic rings. The smallest absolute Gasteiger partial charge is 0.122 e. The van der Waals surface area contributed by atoms with E-state index in [0.29, 0.717) is 12.7 Å². The third-order valence-corrected chi connectivity index (χ3v) is 3.79. The maximum atomic E-state index is 5.98. The molecule has 2 atom stereocenters. The number of benzene rings is 1. The lowest BCUT2D eigenvalue weighted by molar-refractivity contribution is 0.0185. The van der Waals surface area contributed by atoms with E-state index in [9.17, 15) is 0 Å². The number of rotatable bonds is 7. The summed E-state index contributed by atoms with van der Waals surface area (Å²) in [4.78, 5) is 0. The van der Waals surface area contributed by atoms with E-state index in [-0.39, 0.29) is 6.10 Å². The minimum Gasteiger partial charge on any atom is -0.491 e. The summed E-state index contributed by atoms with van der Waals surface area (Å²) in [6.07, 6.45) is 3.89. The highest BCUT2D eigenvalue weighted by molar-refractivity contribution is 6.30. The third kappa shape index (κ3) is 4.65. The first-order valence-electron chi connectivity index (χ1n) is 7.44. The topological polar surface area (TPSA) is 30.5 Å². The molecule has 2 unspecified atom stereocenters. The van der Waals surface area contributed by atoms with Crippen molar-refractivity contribution in [2.45, 2.75) is 45.3 Å². The van der Waals surface area contributed by atoms with Gasteiger partial charge in [-0.15, -0.1) is 0 Å². The molecule has 0 amide bonds. The Hall–Kier alpha value is -0.770. The molecule has 0 saturated carbocycles. The Bertz CT molecular complexity index is 425. The standard InChI is InChI=1S/C16H24ClNO2/c1-3-8-18-10-14-5-6-15(20-14)11-19-16-7-4-13(17)9-12(16)2/h4,7,9,14-15,18H,3,5-6,8,10-11H2,1-2H3. The monoisotopic (exact) mass is 297 g/mol. The van der Waals surface area contributed by atoms with Gasteiger partial charge in [0.15, 0.2) is 0 Å². The van der Waals surface area contributed by atoms with Crippen molar-refractivity contribution in [3.63, 3.8) is 0 Å². The van der Waals surface area contributed by atoms with Crippen molar-refractivity contribution in [3.8, 4) is 5.75 Å². The van der Waals surface area contributed by atoms with Crippen molar-refractivity contribution < 1.29 is 9.47 Å². The molecule has 4 heteroatoms. The zero-order chi connectivity index (χ0) is 14.4. The molecule has 0 spiro atoms. The number of halogens is 1. The second-order valence-corrected chi connectivity index (χ2v) is 5.82. The van der Waals surface area contributed by atoms with Gasteiger partial charge < -0.3 is 14.8 Å². The van der Waals surface area contributed by atoms with Crippen molar-refractivity contribution in [2.75, 3.05) is 19.7 Å². The third-order valence-electron chi connectivity index (χ3n) is 3.56. The summed E-state index contributed by atoms with van der Waals surface area (Å²) < 4.78 is 11.8. The SMILES string of the molecule is CCCNCC1CCC(COc2ccc(Cl)cc2C)O1. The molecule has 0 aromatic heterocycles. The first kappa shape index (κ1) is 15.6. The molecule has 1 aliphatic heterocycles. The van der Waals surface area contributed by atoms with Crippen LogP contribution in [0, 0.1) is 6.92 Å². The van der Waals surface area contributed by atoms with Gasteiger partial charge in [0.2, 0.25) is 0 Å². The van der Waals surface area contributed by atoms with Gasteiger partial charge in [0, 0.05) is 11.6 Å². The Morgan fingerprint density at radius 2 is 2.15 bits per heavy atom. The number of hydrogen-bond acceptors (Lipinski definition) is 3. The summed E-state index contributed by atoms with van der Waals surface area (Å²) >= 11 is 5.94. The summed E-state index contributed by atoms with van der Waals surface area (Å²) in [7, 11) is 0. The normalized spacial score (nSPS) is 22.1. The highest BCUT2D eigenvalue weighted by atomic mass is 35.5. The Kier molecular flexibility index (Phi) is 6.14. The molecule has 0 aliphatic carbocycles. The summed E-state index contributed by atoms with van der Waals surface area (Å²) in [5.74, 6) is 0.894. The molecule has 0 bridgehead atoms. The van der Waals surface area contributed by atoms with Crippen LogP contribution in [0.15, 0.2) is 18.2 Å². The van der Waals surface area contributed by atoms with Gasteiger partial charge in [0.25, 0.3) is 0 Å². The number of aryl methyl sites for hydroxylation is 1. The lowest BCUT2D eigenvalue weighted by atomic mass is 10.2. The Labute approximate surface area is 126 Å².